The minimum atomic E-state index is -0.653. The number of nitrogens with zero attached hydrogens (tertiary/aromatic N) is 9. The largest absolute Gasteiger partial charge is 0.486 e. The summed E-state index contributed by atoms with van der Waals surface area (Å²) < 4.78 is 81.9. The summed E-state index contributed by atoms with van der Waals surface area (Å²) in [5.41, 5.74) is 3.88. The van der Waals surface area contributed by atoms with Crippen molar-refractivity contribution in [2.45, 2.75) is 77.3 Å². The van der Waals surface area contributed by atoms with Crippen LogP contribution in [0.1, 0.15) is 76.3 Å². The van der Waals surface area contributed by atoms with Gasteiger partial charge in [0, 0.05) is 34.3 Å². The highest BCUT2D eigenvalue weighted by atomic mass is 35.5. The predicted molar refractivity (Wildman–Crippen MR) is 280 cm³/mol. The van der Waals surface area contributed by atoms with E-state index in [1.807, 2.05) is 61.8 Å². The maximum absolute atomic E-state index is 15.0. The monoisotopic (exact) mass is 1040 g/mol. The summed E-state index contributed by atoms with van der Waals surface area (Å²) in [7, 11) is 5.33. The molecule has 4 aliphatic rings. The number of nitrogens with one attached hydrogen (secondary N) is 3. The average Bonchev–Trinajstić information content (AvgIpc) is 3.40. The standard InChI is InChI=1S/C27H32F2N6O2.C26H30F2N6O2.ClH/c1-16(2)35-11-12-37-25-20(28)13-18(14-22(25)35)24-21(29)15-30-27(33-24)32-23-6-5-19(26(31-23)36-4)17-7-9-34(3)10-8-17;1-15(2)34-10-11-36-24-19(27)12-17(13-21(24)34)23-20(28)14-30-26(33-23)32-22-5-4-18(25(31-22)35-3)16-6-8-29-9-7-16;/h5-6,13-17H,7-12H2,1-4H3,(H,30,31,32,33);4-5,12-16,29H,6-11H2,1-3H3,(H,30,31,32,33);1H. The van der Waals surface area contributed by atoms with E-state index < -0.39 is 23.3 Å². The van der Waals surface area contributed by atoms with Gasteiger partial charge in [-0.2, -0.15) is 9.97 Å². The first kappa shape index (κ1) is 53.5. The second kappa shape index (κ2) is 23.6. The number of methoxy groups -OCH3 is 2. The summed E-state index contributed by atoms with van der Waals surface area (Å²) in [6.07, 6.45) is 6.27. The average molecular weight is 1040 g/mol. The van der Waals surface area contributed by atoms with Gasteiger partial charge in [-0.1, -0.05) is 0 Å². The lowest BCUT2D eigenvalue weighted by molar-refractivity contribution is 0.252. The van der Waals surface area contributed by atoms with Gasteiger partial charge in [-0.15, -0.1) is 12.4 Å². The Hall–Kier alpha value is -6.77. The highest BCUT2D eigenvalue weighted by molar-refractivity contribution is 5.85. The van der Waals surface area contributed by atoms with Crippen LogP contribution in [0.15, 0.2) is 60.9 Å². The van der Waals surface area contributed by atoms with Crippen LogP contribution in [0.5, 0.6) is 23.3 Å². The van der Waals surface area contributed by atoms with E-state index >= 15 is 0 Å². The fourth-order valence-electron chi connectivity index (χ4n) is 9.88. The zero-order valence-electron chi connectivity index (χ0n) is 42.6. The quantitative estimate of drug-likeness (QED) is 0.0993. The van der Waals surface area contributed by atoms with Gasteiger partial charge in [0.2, 0.25) is 23.7 Å². The SMILES string of the molecule is COc1nc(Nc2ncc(F)c(-c3cc(F)c4c(c3)N(C(C)C)CCO4)n2)ccc1C1CCN(C)CC1.COc1nc(Nc2ncc(F)c(-c3cc(F)c4c(c3)N(C(C)C)CCO4)n2)ccc1C1CCNCC1.Cl. The van der Waals surface area contributed by atoms with Crippen LogP contribution >= 0.6 is 12.4 Å². The molecule has 394 valence electrons. The number of ether oxygens (including phenoxy) is 4. The Bertz CT molecular complexity index is 2930. The molecule has 6 aromatic rings. The molecule has 4 aliphatic heterocycles. The van der Waals surface area contributed by atoms with Crippen molar-refractivity contribution in [1.29, 1.82) is 0 Å². The Balaban J connectivity index is 0.000000194. The van der Waals surface area contributed by atoms with Gasteiger partial charge in [0.25, 0.3) is 0 Å². The van der Waals surface area contributed by atoms with Gasteiger partial charge >= 0.3 is 0 Å². The minimum absolute atomic E-state index is 0. The van der Waals surface area contributed by atoms with Crippen LogP contribution in [0.25, 0.3) is 22.5 Å². The van der Waals surface area contributed by atoms with Crippen LogP contribution in [0, 0.1) is 23.3 Å². The molecule has 74 heavy (non-hydrogen) atoms. The Morgan fingerprint density at radius 2 is 1.03 bits per heavy atom. The van der Waals surface area contributed by atoms with E-state index in [9.17, 15) is 17.6 Å². The number of pyridine rings is 2. The number of halogens is 5. The maximum Gasteiger partial charge on any atom is 0.229 e. The molecule has 4 aromatic heterocycles. The summed E-state index contributed by atoms with van der Waals surface area (Å²) in [4.78, 5) is 32.4. The molecule has 0 amide bonds. The molecule has 3 N–H and O–H groups in total. The van der Waals surface area contributed by atoms with Crippen LogP contribution in [-0.4, -0.2) is 121 Å². The van der Waals surface area contributed by atoms with E-state index in [2.05, 4.69) is 57.8 Å². The summed E-state index contributed by atoms with van der Waals surface area (Å²) in [6.45, 7) is 14.1. The van der Waals surface area contributed by atoms with Crippen molar-refractivity contribution < 1.29 is 36.5 Å². The lowest BCUT2D eigenvalue weighted by Gasteiger charge is -2.34. The zero-order chi connectivity index (χ0) is 51.3. The first-order valence-corrected chi connectivity index (χ1v) is 24.8. The highest BCUT2D eigenvalue weighted by Crippen LogP contribution is 2.42. The van der Waals surface area contributed by atoms with E-state index in [-0.39, 0.29) is 59.3 Å². The number of piperidine rings is 2. The maximum atomic E-state index is 15.0. The number of fused-ring (bicyclic) bond motifs is 2. The van der Waals surface area contributed by atoms with E-state index in [1.165, 1.54) is 12.1 Å². The second-order valence-electron chi connectivity index (χ2n) is 19.1. The lowest BCUT2D eigenvalue weighted by atomic mass is 9.90. The molecular weight excluding hydrogens is 980 g/mol. The first-order valence-electron chi connectivity index (χ1n) is 24.8. The molecule has 10 rings (SSSR count). The molecule has 0 saturated carbocycles. The number of anilines is 6. The van der Waals surface area contributed by atoms with Gasteiger partial charge in [0.1, 0.15) is 36.2 Å². The van der Waals surface area contributed by atoms with Gasteiger partial charge in [0.05, 0.1) is 51.1 Å². The number of aromatic nitrogens is 6. The molecule has 0 bridgehead atoms. The topological polar surface area (TPSA) is 160 Å². The second-order valence-corrected chi connectivity index (χ2v) is 19.1. The predicted octanol–water partition coefficient (Wildman–Crippen LogP) is 10.1. The van der Waals surface area contributed by atoms with Gasteiger partial charge in [-0.05, 0) is 147 Å². The summed E-state index contributed by atoms with van der Waals surface area (Å²) in [6, 6.07) is 13.9. The third-order valence-electron chi connectivity index (χ3n) is 13.7. The lowest BCUT2D eigenvalue weighted by Crippen LogP contribution is -2.38. The van der Waals surface area contributed by atoms with Crippen molar-refractivity contribution in [2.75, 3.05) is 94.2 Å². The first-order chi connectivity index (χ1) is 35.3. The summed E-state index contributed by atoms with van der Waals surface area (Å²) >= 11 is 0. The van der Waals surface area contributed by atoms with E-state index in [1.54, 1.807) is 26.4 Å². The van der Waals surface area contributed by atoms with Crippen LogP contribution in [0.4, 0.5) is 52.5 Å². The van der Waals surface area contributed by atoms with E-state index in [0.29, 0.717) is 84.0 Å². The molecule has 0 atom stereocenters. The van der Waals surface area contributed by atoms with E-state index in [0.717, 1.165) is 75.4 Å². The number of hydrogen-bond donors (Lipinski definition) is 3. The van der Waals surface area contributed by atoms with Crippen LogP contribution in [0.2, 0.25) is 0 Å². The van der Waals surface area contributed by atoms with Crippen molar-refractivity contribution in [3.8, 4) is 45.8 Å². The Morgan fingerprint density at radius 3 is 1.45 bits per heavy atom. The fraction of sp³-hybridized carbons (Fsp3) is 0.434. The van der Waals surface area contributed by atoms with Gasteiger partial charge in [0.15, 0.2) is 34.8 Å². The summed E-state index contributed by atoms with van der Waals surface area (Å²) in [5, 5.41) is 9.43. The number of hydrogen-bond acceptors (Lipinski definition) is 16. The zero-order valence-corrected chi connectivity index (χ0v) is 43.5. The minimum Gasteiger partial charge on any atom is -0.486 e. The van der Waals surface area contributed by atoms with Crippen LogP contribution in [-0.2, 0) is 0 Å². The normalized spacial score (nSPS) is 16.0. The van der Waals surface area contributed by atoms with E-state index in [4.69, 9.17) is 18.9 Å². The van der Waals surface area contributed by atoms with Crippen LogP contribution in [0.3, 0.4) is 0 Å². The highest BCUT2D eigenvalue weighted by Gasteiger charge is 2.29. The molecule has 2 saturated heterocycles. The van der Waals surface area contributed by atoms with Crippen LogP contribution < -0.4 is 44.7 Å². The fourth-order valence-corrected chi connectivity index (χ4v) is 9.88. The third kappa shape index (κ3) is 11.8. The number of likely N-dealkylation sites (tertiary alicyclic amines) is 1. The smallest absolute Gasteiger partial charge is 0.229 e. The van der Waals surface area contributed by atoms with Crippen molar-refractivity contribution >= 4 is 47.3 Å². The molecule has 2 fully saturated rings. The van der Waals surface area contributed by atoms with Gasteiger partial charge < -0.3 is 49.6 Å². The molecule has 0 radical (unpaired) electrons. The molecule has 16 nitrogen and oxygen atoms in total. The molecule has 8 heterocycles. The number of rotatable bonds is 12. The Kier molecular flexibility index (Phi) is 17.1. The van der Waals surface area contributed by atoms with Crippen molar-refractivity contribution in [2.24, 2.45) is 0 Å². The van der Waals surface area contributed by atoms with Crippen molar-refractivity contribution in [3.63, 3.8) is 0 Å². The Morgan fingerprint density at radius 1 is 0.595 bits per heavy atom. The molecule has 2 aromatic carbocycles. The van der Waals surface area contributed by atoms with Crippen molar-refractivity contribution in [1.82, 2.24) is 40.1 Å². The molecule has 0 spiro atoms. The Labute approximate surface area is 435 Å². The number of benzene rings is 2. The summed E-state index contributed by atoms with van der Waals surface area (Å²) in [5.74, 6) is 1.03. The third-order valence-corrected chi connectivity index (χ3v) is 13.7. The molecule has 0 unspecified atom stereocenters. The van der Waals surface area contributed by atoms with Gasteiger partial charge in [-0.25, -0.2) is 37.5 Å². The van der Waals surface area contributed by atoms with Crippen molar-refractivity contribution in [3.05, 3.63) is 95.3 Å². The molecule has 21 heteroatoms. The molecule has 0 aliphatic carbocycles. The van der Waals surface area contributed by atoms with Gasteiger partial charge in [-0.3, -0.25) is 0 Å². The molecular formula is C53H63ClF4N12O4.